The fourth-order valence-corrected chi connectivity index (χ4v) is 3.31. The van der Waals surface area contributed by atoms with Crippen LogP contribution in [0.15, 0.2) is 53.9 Å². The van der Waals surface area contributed by atoms with E-state index in [1.165, 1.54) is 11.8 Å². The molecule has 2 aromatic heterocycles. The van der Waals surface area contributed by atoms with Crippen LogP contribution >= 0.6 is 11.8 Å². The van der Waals surface area contributed by atoms with Crippen molar-refractivity contribution in [1.29, 1.82) is 0 Å². The molecule has 0 unspecified atom stereocenters. The van der Waals surface area contributed by atoms with Gasteiger partial charge in [0.15, 0.2) is 5.82 Å². The van der Waals surface area contributed by atoms with Crippen molar-refractivity contribution < 1.29 is 5.21 Å². The zero-order valence-corrected chi connectivity index (χ0v) is 12.5. The molecule has 8 nitrogen and oxygen atoms in total. The van der Waals surface area contributed by atoms with E-state index in [9.17, 15) is 5.21 Å². The van der Waals surface area contributed by atoms with Crippen molar-refractivity contribution in [3.63, 3.8) is 0 Å². The van der Waals surface area contributed by atoms with Crippen LogP contribution in [0.2, 0.25) is 0 Å². The molecular formula is C14H11N6O2S-. The normalized spacial score (nSPS) is 16.0. The first-order chi connectivity index (χ1) is 11.2. The molecular weight excluding hydrogens is 316 g/mol. The lowest BCUT2D eigenvalue weighted by Gasteiger charge is -2.22. The van der Waals surface area contributed by atoms with Crippen molar-refractivity contribution >= 4 is 17.4 Å². The number of benzene rings is 1. The second-order valence-electron chi connectivity index (χ2n) is 4.87. The van der Waals surface area contributed by atoms with Gasteiger partial charge in [-0.05, 0) is 29.8 Å². The Morgan fingerprint density at radius 3 is 2.74 bits per heavy atom. The molecule has 9 heteroatoms. The number of thioether (sulfide) groups is 1. The Kier molecular flexibility index (Phi) is 3.37. The number of anilines is 1. The molecule has 0 radical (unpaired) electrons. The Morgan fingerprint density at radius 1 is 1.22 bits per heavy atom. The van der Waals surface area contributed by atoms with Gasteiger partial charge in [-0.25, -0.2) is 4.68 Å². The third-order valence-corrected chi connectivity index (χ3v) is 4.53. The average molecular weight is 327 g/mol. The predicted molar refractivity (Wildman–Crippen MR) is 85.3 cm³/mol. The lowest BCUT2D eigenvalue weighted by molar-refractivity contribution is 0.296. The Hall–Kier alpha value is -2.62. The number of fused-ring (bicyclic) bond motifs is 1. The van der Waals surface area contributed by atoms with Crippen molar-refractivity contribution in [2.75, 3.05) is 10.7 Å². The van der Waals surface area contributed by atoms with Crippen LogP contribution in [0.1, 0.15) is 10.9 Å². The van der Waals surface area contributed by atoms with Crippen molar-refractivity contribution in [1.82, 2.24) is 19.9 Å². The van der Waals surface area contributed by atoms with Gasteiger partial charge in [-0.1, -0.05) is 23.9 Å². The molecule has 4 rings (SSSR count). The molecule has 0 amide bonds. The highest BCUT2D eigenvalue weighted by molar-refractivity contribution is 7.99. The van der Waals surface area contributed by atoms with Crippen LogP contribution in [-0.2, 0) is 0 Å². The maximum absolute atomic E-state index is 10.8. The molecule has 0 fully saturated rings. The Morgan fingerprint density at radius 2 is 2.04 bits per heavy atom. The molecule has 1 aromatic carbocycles. The van der Waals surface area contributed by atoms with Gasteiger partial charge in [-0.15, -0.1) is 10.2 Å². The molecule has 1 aliphatic rings. The van der Waals surface area contributed by atoms with Crippen LogP contribution in [0.3, 0.4) is 0 Å². The molecule has 23 heavy (non-hydrogen) atoms. The van der Waals surface area contributed by atoms with Crippen LogP contribution < -0.4 is 10.7 Å². The summed E-state index contributed by atoms with van der Waals surface area (Å²) < 4.78 is 1.83. The molecule has 0 saturated carbocycles. The molecule has 0 bridgehead atoms. The fourth-order valence-electron chi connectivity index (χ4n) is 2.31. The molecule has 0 aliphatic carbocycles. The Balaban J connectivity index is 1.60. The van der Waals surface area contributed by atoms with Gasteiger partial charge in [-0.2, -0.15) is 0 Å². The molecule has 3 heterocycles. The fraction of sp³-hybridized carbons (Fsp3) is 0.0714. The van der Waals surface area contributed by atoms with E-state index in [2.05, 4.69) is 20.6 Å². The van der Waals surface area contributed by atoms with Crippen molar-refractivity contribution in [3.8, 4) is 11.4 Å². The van der Waals surface area contributed by atoms with E-state index in [4.69, 9.17) is 5.21 Å². The first kappa shape index (κ1) is 14.0. The lowest BCUT2D eigenvalue weighted by Crippen LogP contribution is -2.14. The third kappa shape index (κ3) is 2.50. The minimum Gasteiger partial charge on any atom is -0.733 e. The molecule has 0 spiro atoms. The van der Waals surface area contributed by atoms with Gasteiger partial charge in [0.05, 0.1) is 5.69 Å². The zero-order valence-electron chi connectivity index (χ0n) is 11.7. The first-order valence-corrected chi connectivity index (χ1v) is 7.65. The van der Waals surface area contributed by atoms with Crippen LogP contribution in [0.4, 0.5) is 5.69 Å². The standard InChI is InChI=1S/C14H11N6O2S/c21-20(22)11-5-3-9(4-6-11)13-18-19-12(16-17-14(19)23-13)10-2-1-7-15-8-10/h1-8,13,18,21H/q-1/t13-/m0/s1. The number of rotatable bonds is 3. The quantitative estimate of drug-likeness (QED) is 0.707. The van der Waals surface area contributed by atoms with E-state index in [1.54, 1.807) is 36.7 Å². The van der Waals surface area contributed by atoms with E-state index in [0.29, 0.717) is 5.82 Å². The summed E-state index contributed by atoms with van der Waals surface area (Å²) in [7, 11) is 0. The summed E-state index contributed by atoms with van der Waals surface area (Å²) in [6, 6.07) is 10.5. The number of aromatic nitrogens is 4. The van der Waals surface area contributed by atoms with Gasteiger partial charge in [0, 0.05) is 18.0 Å². The molecule has 116 valence electrons. The van der Waals surface area contributed by atoms with E-state index in [1.807, 2.05) is 16.8 Å². The van der Waals surface area contributed by atoms with Crippen molar-refractivity contribution in [3.05, 3.63) is 59.6 Å². The minimum atomic E-state index is -0.158. The van der Waals surface area contributed by atoms with Gasteiger partial charge in [0.2, 0.25) is 5.16 Å². The monoisotopic (exact) mass is 327 g/mol. The highest BCUT2D eigenvalue weighted by Crippen LogP contribution is 2.40. The van der Waals surface area contributed by atoms with E-state index < -0.39 is 0 Å². The van der Waals surface area contributed by atoms with Crippen LogP contribution in [0, 0.1) is 5.21 Å². The van der Waals surface area contributed by atoms with Gasteiger partial charge in [-0.3, -0.25) is 10.2 Å². The highest BCUT2D eigenvalue weighted by atomic mass is 32.2. The Labute approximate surface area is 135 Å². The van der Waals surface area contributed by atoms with Crippen LogP contribution in [0.25, 0.3) is 11.4 Å². The lowest BCUT2D eigenvalue weighted by atomic mass is 10.2. The number of nitrogens with zero attached hydrogens (tertiary/aromatic N) is 5. The van der Waals surface area contributed by atoms with E-state index in [-0.39, 0.29) is 16.3 Å². The summed E-state index contributed by atoms with van der Waals surface area (Å²) in [5, 5.41) is 28.6. The highest BCUT2D eigenvalue weighted by Gasteiger charge is 2.28. The average Bonchev–Trinajstić information content (AvgIpc) is 3.16. The van der Waals surface area contributed by atoms with Crippen LogP contribution in [0.5, 0.6) is 0 Å². The van der Waals surface area contributed by atoms with Gasteiger partial charge in [0.1, 0.15) is 5.37 Å². The molecule has 0 saturated heterocycles. The number of pyridine rings is 1. The maximum atomic E-state index is 10.8. The number of hydrogen-bond acceptors (Lipinski definition) is 8. The third-order valence-electron chi connectivity index (χ3n) is 3.44. The van der Waals surface area contributed by atoms with Crippen molar-refractivity contribution in [2.45, 2.75) is 10.5 Å². The summed E-state index contributed by atoms with van der Waals surface area (Å²) in [4.78, 5) is 4.10. The van der Waals surface area contributed by atoms with E-state index >= 15 is 0 Å². The summed E-state index contributed by atoms with van der Waals surface area (Å²) in [5.41, 5.74) is 5.34. The Bertz CT molecular complexity index is 821. The van der Waals surface area contributed by atoms with Gasteiger partial charge >= 0.3 is 0 Å². The smallest absolute Gasteiger partial charge is 0.212 e. The molecule has 1 atom stereocenters. The summed E-state index contributed by atoms with van der Waals surface area (Å²) in [6.45, 7) is 0. The summed E-state index contributed by atoms with van der Waals surface area (Å²) in [5.74, 6) is 0.695. The molecule has 1 aliphatic heterocycles. The second kappa shape index (κ2) is 5.54. The van der Waals surface area contributed by atoms with Gasteiger partial charge in [0.25, 0.3) is 0 Å². The molecule has 2 N–H and O–H groups in total. The maximum Gasteiger partial charge on any atom is 0.212 e. The summed E-state index contributed by atoms with van der Waals surface area (Å²) >= 11 is 1.52. The second-order valence-corrected chi connectivity index (χ2v) is 5.95. The zero-order chi connectivity index (χ0) is 15.8. The SMILES string of the molecule is [O-]N(O)c1ccc([C@H]2Nn3c(nnc3-c3cccnc3)S2)cc1. The number of hydrogen-bond donors (Lipinski definition) is 2. The molecule has 3 aromatic rings. The largest absolute Gasteiger partial charge is 0.733 e. The summed E-state index contributed by atoms with van der Waals surface area (Å²) in [6.07, 6.45) is 3.44. The van der Waals surface area contributed by atoms with E-state index in [0.717, 1.165) is 16.3 Å². The van der Waals surface area contributed by atoms with Gasteiger partial charge < -0.3 is 15.9 Å². The van der Waals surface area contributed by atoms with Crippen LogP contribution in [-0.4, -0.2) is 25.1 Å². The first-order valence-electron chi connectivity index (χ1n) is 6.77. The predicted octanol–water partition coefficient (Wildman–Crippen LogP) is 2.38. The number of nitrogens with one attached hydrogen (secondary N) is 1. The minimum absolute atomic E-state index is 0.0521. The van der Waals surface area contributed by atoms with Crippen molar-refractivity contribution in [2.24, 2.45) is 0 Å². The topological polar surface area (TPSA) is 102 Å².